The molecule has 0 radical (unpaired) electrons. The van der Waals surface area contributed by atoms with Crippen LogP contribution >= 0.6 is 0 Å². The number of aryl methyl sites for hydroxylation is 1. The van der Waals surface area contributed by atoms with Crippen LogP contribution < -0.4 is 5.73 Å². The van der Waals surface area contributed by atoms with Crippen LogP contribution in [0.5, 0.6) is 0 Å². The molecule has 20 heavy (non-hydrogen) atoms. The Balaban J connectivity index is 1.67. The third-order valence-corrected chi connectivity index (χ3v) is 4.31. The van der Waals surface area contributed by atoms with Crippen molar-refractivity contribution in [1.82, 2.24) is 4.98 Å². The topological polar surface area (TPSA) is 74.4 Å². The van der Waals surface area contributed by atoms with E-state index >= 15 is 0 Å². The Bertz CT molecular complexity index is 526. The lowest BCUT2D eigenvalue weighted by molar-refractivity contribution is -0.159. The quantitative estimate of drug-likeness (QED) is 0.838. The van der Waals surface area contributed by atoms with Gasteiger partial charge < -0.3 is 15.2 Å². The predicted octanol–water partition coefficient (Wildman–Crippen LogP) is 2.23. The summed E-state index contributed by atoms with van der Waals surface area (Å²) in [4.78, 5) is 16.3. The number of ether oxygens (including phenoxy) is 2. The minimum Gasteiger partial charge on any atom is -0.459 e. The zero-order valence-electron chi connectivity index (χ0n) is 11.7. The fraction of sp³-hybridized carbons (Fsp3) is 0.600. The zero-order valence-corrected chi connectivity index (χ0v) is 11.7. The van der Waals surface area contributed by atoms with Crippen LogP contribution in [0.25, 0.3) is 0 Å². The molecule has 2 aliphatic rings. The second-order valence-corrected chi connectivity index (χ2v) is 5.81. The molecule has 1 aromatic heterocycles. The normalized spacial score (nSPS) is 24.1. The summed E-state index contributed by atoms with van der Waals surface area (Å²) < 4.78 is 11.5. The number of esters is 1. The second kappa shape index (κ2) is 5.05. The number of carbonyl (C=O) groups excluding carboxylic acids is 1. The Labute approximate surface area is 118 Å². The van der Waals surface area contributed by atoms with E-state index in [9.17, 15) is 4.79 Å². The molecule has 108 valence electrons. The Hall–Kier alpha value is -1.62. The monoisotopic (exact) mass is 276 g/mol. The van der Waals surface area contributed by atoms with E-state index in [-0.39, 0.29) is 17.7 Å². The summed E-state index contributed by atoms with van der Waals surface area (Å²) in [6.45, 7) is 2.46. The molecule has 1 aliphatic heterocycles. The van der Waals surface area contributed by atoms with Gasteiger partial charge in [0.05, 0.1) is 35.3 Å². The van der Waals surface area contributed by atoms with Gasteiger partial charge in [-0.2, -0.15) is 0 Å². The maximum Gasteiger partial charge on any atom is 0.340 e. The Morgan fingerprint density at radius 3 is 3.05 bits per heavy atom. The first-order chi connectivity index (χ1) is 9.58. The minimum atomic E-state index is -0.330. The highest BCUT2D eigenvalue weighted by Gasteiger charge is 2.43. The van der Waals surface area contributed by atoms with Crippen LogP contribution in [0.2, 0.25) is 0 Å². The number of rotatable bonds is 2. The average molecular weight is 276 g/mol. The van der Waals surface area contributed by atoms with E-state index in [1.807, 2.05) is 0 Å². The maximum absolute atomic E-state index is 12.2. The summed E-state index contributed by atoms with van der Waals surface area (Å²) in [6, 6.07) is 1.63. The van der Waals surface area contributed by atoms with Crippen LogP contribution in [0.15, 0.2) is 12.3 Å². The molecule has 2 fully saturated rings. The molecule has 0 aromatic carbocycles. The minimum absolute atomic E-state index is 0.0216. The molecule has 1 unspecified atom stereocenters. The average Bonchev–Trinajstić information content (AvgIpc) is 2.40. The van der Waals surface area contributed by atoms with Gasteiger partial charge in [-0.25, -0.2) is 4.79 Å². The number of anilines is 1. The van der Waals surface area contributed by atoms with Crippen molar-refractivity contribution in [2.24, 2.45) is 0 Å². The summed E-state index contributed by atoms with van der Waals surface area (Å²) in [5, 5.41) is 0. The Morgan fingerprint density at radius 2 is 2.35 bits per heavy atom. The van der Waals surface area contributed by atoms with Gasteiger partial charge in [0.25, 0.3) is 0 Å². The molecule has 2 N–H and O–H groups in total. The number of carbonyl (C=O) groups is 1. The van der Waals surface area contributed by atoms with Crippen LogP contribution in [0.1, 0.15) is 48.2 Å². The summed E-state index contributed by atoms with van der Waals surface area (Å²) in [6.07, 6.45) is 6.44. The largest absolute Gasteiger partial charge is 0.459 e. The molecule has 5 nitrogen and oxygen atoms in total. The van der Waals surface area contributed by atoms with Gasteiger partial charge in [0, 0.05) is 12.8 Å². The number of nitrogen functional groups attached to an aromatic ring is 1. The van der Waals surface area contributed by atoms with Gasteiger partial charge >= 0.3 is 5.97 Å². The summed E-state index contributed by atoms with van der Waals surface area (Å²) in [5.41, 5.74) is 7.24. The molecule has 1 saturated carbocycles. The Kier molecular flexibility index (Phi) is 3.38. The first kappa shape index (κ1) is 13.4. The summed E-state index contributed by atoms with van der Waals surface area (Å²) >= 11 is 0. The van der Waals surface area contributed by atoms with Crippen molar-refractivity contribution in [2.45, 2.75) is 50.7 Å². The van der Waals surface area contributed by atoms with Crippen molar-refractivity contribution in [2.75, 3.05) is 12.3 Å². The number of pyridine rings is 1. The van der Waals surface area contributed by atoms with Crippen LogP contribution in [0, 0.1) is 6.92 Å². The van der Waals surface area contributed by atoms with Crippen LogP contribution in [0.3, 0.4) is 0 Å². The fourth-order valence-electron chi connectivity index (χ4n) is 2.97. The number of hydrogen-bond donors (Lipinski definition) is 1. The molecule has 2 heterocycles. The summed E-state index contributed by atoms with van der Waals surface area (Å²) in [7, 11) is 0. The van der Waals surface area contributed by atoms with Crippen LogP contribution in [-0.4, -0.2) is 29.3 Å². The van der Waals surface area contributed by atoms with Crippen molar-refractivity contribution in [3.8, 4) is 0 Å². The molecule has 0 bridgehead atoms. The molecule has 1 spiro atoms. The number of hydrogen-bond acceptors (Lipinski definition) is 5. The van der Waals surface area contributed by atoms with Gasteiger partial charge in [0.1, 0.15) is 6.10 Å². The van der Waals surface area contributed by atoms with Gasteiger partial charge in [0.15, 0.2) is 0 Å². The molecule has 1 aromatic rings. The highest BCUT2D eigenvalue weighted by molar-refractivity contribution is 5.91. The van der Waals surface area contributed by atoms with Gasteiger partial charge in [-0.05, 0) is 32.3 Å². The molecule has 1 saturated heterocycles. The first-order valence-electron chi connectivity index (χ1n) is 7.15. The molecule has 1 aliphatic carbocycles. The van der Waals surface area contributed by atoms with E-state index in [2.05, 4.69) is 4.98 Å². The van der Waals surface area contributed by atoms with Crippen molar-refractivity contribution in [3.05, 3.63) is 23.5 Å². The van der Waals surface area contributed by atoms with E-state index < -0.39 is 0 Å². The number of nitrogens with two attached hydrogens (primary N) is 1. The summed E-state index contributed by atoms with van der Waals surface area (Å²) in [5.74, 6) is -0.330. The van der Waals surface area contributed by atoms with Crippen molar-refractivity contribution >= 4 is 11.7 Å². The highest BCUT2D eigenvalue weighted by Crippen LogP contribution is 2.43. The zero-order chi connectivity index (χ0) is 14.2. The third-order valence-electron chi connectivity index (χ3n) is 4.31. The van der Waals surface area contributed by atoms with E-state index in [0.29, 0.717) is 23.6 Å². The van der Waals surface area contributed by atoms with Crippen molar-refractivity contribution in [3.63, 3.8) is 0 Å². The van der Waals surface area contributed by atoms with Crippen molar-refractivity contribution < 1.29 is 14.3 Å². The highest BCUT2D eigenvalue weighted by atomic mass is 16.6. The molecule has 1 atom stereocenters. The van der Waals surface area contributed by atoms with Gasteiger partial charge in [-0.1, -0.05) is 0 Å². The third kappa shape index (κ3) is 2.50. The van der Waals surface area contributed by atoms with Crippen molar-refractivity contribution in [1.29, 1.82) is 0 Å². The Morgan fingerprint density at radius 1 is 1.55 bits per heavy atom. The van der Waals surface area contributed by atoms with Crippen LogP contribution in [-0.2, 0) is 9.47 Å². The van der Waals surface area contributed by atoms with Gasteiger partial charge in [-0.15, -0.1) is 0 Å². The lowest BCUT2D eigenvalue weighted by atomic mass is 9.74. The number of aromatic nitrogens is 1. The van der Waals surface area contributed by atoms with Gasteiger partial charge in [0.2, 0.25) is 0 Å². The molecule has 0 amide bonds. The SMILES string of the molecule is Cc1ncc(N)cc1C(=O)OC1CCOC2(CCC2)C1. The van der Waals surface area contributed by atoms with Crippen LogP contribution in [0.4, 0.5) is 5.69 Å². The lowest BCUT2D eigenvalue weighted by Crippen LogP contribution is -2.48. The smallest absolute Gasteiger partial charge is 0.340 e. The molecule has 3 rings (SSSR count). The lowest BCUT2D eigenvalue weighted by Gasteiger charge is -2.46. The number of nitrogens with zero attached hydrogens (tertiary/aromatic N) is 1. The fourth-order valence-corrected chi connectivity index (χ4v) is 2.97. The van der Waals surface area contributed by atoms with Gasteiger partial charge in [-0.3, -0.25) is 4.98 Å². The molecular formula is C15H20N2O3. The van der Waals surface area contributed by atoms with E-state index in [1.54, 1.807) is 19.2 Å². The van der Waals surface area contributed by atoms with E-state index in [4.69, 9.17) is 15.2 Å². The van der Waals surface area contributed by atoms with E-state index in [0.717, 1.165) is 25.7 Å². The van der Waals surface area contributed by atoms with E-state index in [1.165, 1.54) is 6.42 Å². The standard InChI is InChI=1S/C15H20N2O3/c1-10-13(7-11(16)9-17-10)14(18)20-12-3-6-19-15(8-12)4-2-5-15/h7,9,12H,2-6,8,16H2,1H3. The predicted molar refractivity (Wildman–Crippen MR) is 74.4 cm³/mol. The second-order valence-electron chi connectivity index (χ2n) is 5.81. The molecule has 5 heteroatoms. The maximum atomic E-state index is 12.2. The first-order valence-corrected chi connectivity index (χ1v) is 7.15. The molecular weight excluding hydrogens is 256 g/mol.